The summed E-state index contributed by atoms with van der Waals surface area (Å²) in [5, 5.41) is 14.8. The summed E-state index contributed by atoms with van der Waals surface area (Å²) in [6.45, 7) is 6.61. The van der Waals surface area contributed by atoms with Crippen molar-refractivity contribution in [1.29, 1.82) is 0 Å². The summed E-state index contributed by atoms with van der Waals surface area (Å²) in [6, 6.07) is 6.84. The van der Waals surface area contributed by atoms with Gasteiger partial charge in [-0.05, 0) is 25.8 Å². The van der Waals surface area contributed by atoms with E-state index in [9.17, 15) is 4.39 Å². The van der Waals surface area contributed by atoms with Crippen LogP contribution in [0.15, 0.2) is 35.6 Å². The molecule has 1 aromatic heterocycles. The number of nitrogens with zero attached hydrogens (tertiary/aromatic N) is 4. The number of aromatic nitrogens is 3. The van der Waals surface area contributed by atoms with Crippen LogP contribution in [0.4, 0.5) is 4.39 Å². The summed E-state index contributed by atoms with van der Waals surface area (Å²) in [4.78, 5) is 4.59. The predicted octanol–water partition coefficient (Wildman–Crippen LogP) is 2.90. The van der Waals surface area contributed by atoms with Gasteiger partial charge in [0, 0.05) is 31.7 Å². The number of rotatable bonds is 8. The standard InChI is InChI=1S/C20H29FN6O.HI/c1-3-19-26-24-14-27(19)11-10-22-20(25-15(2)18-9-6-12-28-18)23-13-16-7-4-5-8-17(16)21;/h4-5,7-8,14-15,18H,3,6,9-13H2,1-2H3,(H2,22,23,25);1H. The number of hydrogen-bond donors (Lipinski definition) is 2. The van der Waals surface area contributed by atoms with E-state index in [2.05, 4.69) is 39.7 Å². The highest BCUT2D eigenvalue weighted by atomic mass is 127. The van der Waals surface area contributed by atoms with Crippen molar-refractivity contribution in [3.63, 3.8) is 0 Å². The molecule has 7 nitrogen and oxygen atoms in total. The average Bonchev–Trinajstić information content (AvgIpc) is 3.38. The number of nitrogens with one attached hydrogen (secondary N) is 2. The lowest BCUT2D eigenvalue weighted by Gasteiger charge is -2.23. The van der Waals surface area contributed by atoms with Crippen LogP contribution in [0.3, 0.4) is 0 Å². The van der Waals surface area contributed by atoms with Crippen LogP contribution in [0, 0.1) is 5.82 Å². The Bertz CT molecular complexity index is 778. The molecule has 1 aromatic carbocycles. The summed E-state index contributed by atoms with van der Waals surface area (Å²) >= 11 is 0. The summed E-state index contributed by atoms with van der Waals surface area (Å²) in [5.41, 5.74) is 0.570. The van der Waals surface area contributed by atoms with E-state index in [0.717, 1.165) is 38.2 Å². The fourth-order valence-electron chi connectivity index (χ4n) is 3.28. The van der Waals surface area contributed by atoms with Gasteiger partial charge in [0.25, 0.3) is 0 Å². The van der Waals surface area contributed by atoms with Gasteiger partial charge in [0.1, 0.15) is 18.0 Å². The quantitative estimate of drug-likeness (QED) is 0.321. The highest BCUT2D eigenvalue weighted by molar-refractivity contribution is 14.0. The average molecular weight is 516 g/mol. The highest BCUT2D eigenvalue weighted by Gasteiger charge is 2.23. The second-order valence-electron chi connectivity index (χ2n) is 6.96. The second kappa shape index (κ2) is 12.1. The van der Waals surface area contributed by atoms with Gasteiger partial charge in [0.05, 0.1) is 18.7 Å². The molecule has 2 unspecified atom stereocenters. The minimum atomic E-state index is -0.241. The lowest BCUT2D eigenvalue weighted by atomic mass is 10.1. The Labute approximate surface area is 188 Å². The second-order valence-corrected chi connectivity index (χ2v) is 6.96. The number of ether oxygens (including phenoxy) is 1. The largest absolute Gasteiger partial charge is 0.376 e. The van der Waals surface area contributed by atoms with Crippen molar-refractivity contribution in [2.45, 2.75) is 58.3 Å². The predicted molar refractivity (Wildman–Crippen MR) is 122 cm³/mol. The van der Waals surface area contributed by atoms with Crippen LogP contribution >= 0.6 is 24.0 Å². The summed E-state index contributed by atoms with van der Waals surface area (Å²) in [6.07, 6.45) is 4.86. The van der Waals surface area contributed by atoms with Gasteiger partial charge < -0.3 is 19.9 Å². The smallest absolute Gasteiger partial charge is 0.191 e. The Balaban J connectivity index is 0.00000300. The molecule has 1 fully saturated rings. The third-order valence-corrected chi connectivity index (χ3v) is 4.91. The first-order valence-electron chi connectivity index (χ1n) is 9.94. The highest BCUT2D eigenvalue weighted by Crippen LogP contribution is 2.15. The van der Waals surface area contributed by atoms with E-state index in [1.165, 1.54) is 6.07 Å². The third-order valence-electron chi connectivity index (χ3n) is 4.91. The molecule has 2 atom stereocenters. The maximum absolute atomic E-state index is 13.9. The zero-order chi connectivity index (χ0) is 19.8. The first-order chi connectivity index (χ1) is 13.7. The minimum absolute atomic E-state index is 0. The van der Waals surface area contributed by atoms with E-state index >= 15 is 0 Å². The van der Waals surface area contributed by atoms with E-state index in [4.69, 9.17) is 4.74 Å². The molecule has 0 saturated carbocycles. The molecule has 1 saturated heterocycles. The Hall–Kier alpha value is -1.75. The first kappa shape index (κ1) is 23.5. The molecule has 0 amide bonds. The van der Waals surface area contributed by atoms with Crippen LogP contribution in [0.2, 0.25) is 0 Å². The Morgan fingerprint density at radius 1 is 1.41 bits per heavy atom. The van der Waals surface area contributed by atoms with E-state index in [1.807, 2.05) is 10.6 Å². The summed E-state index contributed by atoms with van der Waals surface area (Å²) in [7, 11) is 0. The molecule has 0 radical (unpaired) electrons. The zero-order valence-electron chi connectivity index (χ0n) is 17.0. The van der Waals surface area contributed by atoms with Crippen LogP contribution < -0.4 is 10.6 Å². The molecule has 2 aromatic rings. The zero-order valence-corrected chi connectivity index (χ0v) is 19.3. The van der Waals surface area contributed by atoms with Crippen molar-refractivity contribution in [3.05, 3.63) is 47.8 Å². The Kier molecular flexibility index (Phi) is 9.79. The van der Waals surface area contributed by atoms with E-state index < -0.39 is 0 Å². The van der Waals surface area contributed by atoms with Crippen molar-refractivity contribution in [2.75, 3.05) is 13.2 Å². The summed E-state index contributed by atoms with van der Waals surface area (Å²) in [5.74, 6) is 1.36. The van der Waals surface area contributed by atoms with Gasteiger partial charge in [-0.2, -0.15) is 0 Å². The van der Waals surface area contributed by atoms with Gasteiger partial charge in [-0.25, -0.2) is 9.38 Å². The van der Waals surface area contributed by atoms with Crippen LogP contribution in [0.5, 0.6) is 0 Å². The van der Waals surface area contributed by atoms with E-state index in [0.29, 0.717) is 18.1 Å². The molecule has 0 aliphatic carbocycles. The molecule has 2 heterocycles. The lowest BCUT2D eigenvalue weighted by molar-refractivity contribution is 0.0890. The van der Waals surface area contributed by atoms with Crippen molar-refractivity contribution in [3.8, 4) is 0 Å². The van der Waals surface area contributed by atoms with Crippen molar-refractivity contribution >= 4 is 29.9 Å². The number of guanidine groups is 1. The normalized spacial score (nSPS) is 17.6. The van der Waals surface area contributed by atoms with Crippen LogP contribution in [0.1, 0.15) is 38.1 Å². The van der Waals surface area contributed by atoms with E-state index in [1.54, 1.807) is 18.5 Å². The molecular weight excluding hydrogens is 486 g/mol. The minimum Gasteiger partial charge on any atom is -0.376 e. The first-order valence-corrected chi connectivity index (χ1v) is 9.94. The maximum atomic E-state index is 13.9. The van der Waals surface area contributed by atoms with Gasteiger partial charge in [-0.3, -0.25) is 0 Å². The van der Waals surface area contributed by atoms with Crippen molar-refractivity contribution < 1.29 is 9.13 Å². The Morgan fingerprint density at radius 3 is 2.97 bits per heavy atom. The SMILES string of the molecule is CCc1nncn1CCNC(=NCc1ccccc1F)NC(C)C1CCCO1.I. The lowest BCUT2D eigenvalue weighted by Crippen LogP contribution is -2.47. The molecule has 29 heavy (non-hydrogen) atoms. The number of aryl methyl sites for hydroxylation is 1. The number of hydrogen-bond acceptors (Lipinski definition) is 4. The van der Waals surface area contributed by atoms with Crippen LogP contribution in [-0.4, -0.2) is 46.0 Å². The molecule has 0 bridgehead atoms. The third kappa shape index (κ3) is 6.91. The van der Waals surface area contributed by atoms with Gasteiger partial charge in [0.15, 0.2) is 5.96 Å². The van der Waals surface area contributed by atoms with Crippen molar-refractivity contribution in [2.24, 2.45) is 4.99 Å². The van der Waals surface area contributed by atoms with Gasteiger partial charge in [-0.1, -0.05) is 25.1 Å². The Morgan fingerprint density at radius 2 is 2.24 bits per heavy atom. The number of halogens is 2. The molecular formula is C20H30FIN6O. The van der Waals surface area contributed by atoms with Gasteiger partial charge in [-0.15, -0.1) is 34.2 Å². The van der Waals surface area contributed by atoms with E-state index in [-0.39, 0.29) is 48.5 Å². The van der Waals surface area contributed by atoms with Gasteiger partial charge in [0.2, 0.25) is 0 Å². The molecule has 160 valence electrons. The molecule has 2 N–H and O–H groups in total. The van der Waals surface area contributed by atoms with Crippen LogP contribution in [0.25, 0.3) is 0 Å². The summed E-state index contributed by atoms with van der Waals surface area (Å²) < 4.78 is 21.7. The van der Waals surface area contributed by atoms with Crippen molar-refractivity contribution in [1.82, 2.24) is 25.4 Å². The van der Waals surface area contributed by atoms with Crippen LogP contribution in [-0.2, 0) is 24.2 Å². The molecule has 1 aliphatic rings. The molecule has 0 spiro atoms. The molecule has 1 aliphatic heterocycles. The fraction of sp³-hybridized carbons (Fsp3) is 0.550. The topological polar surface area (TPSA) is 76.4 Å². The number of aliphatic imine (C=N–C) groups is 1. The number of benzene rings is 1. The fourth-order valence-corrected chi connectivity index (χ4v) is 3.28. The molecule has 3 rings (SSSR count). The monoisotopic (exact) mass is 516 g/mol. The molecule has 9 heteroatoms. The maximum Gasteiger partial charge on any atom is 0.191 e. The van der Waals surface area contributed by atoms with Gasteiger partial charge >= 0.3 is 0 Å².